The summed E-state index contributed by atoms with van der Waals surface area (Å²) in [7, 11) is 1.49. The molecule has 0 heterocycles. The number of ether oxygens (including phenoxy) is 1. The molecule has 0 N–H and O–H groups in total. The molecule has 14 heavy (non-hydrogen) atoms. The molecule has 0 saturated carbocycles. The Kier molecular flexibility index (Phi) is 3.77. The molecule has 0 fully saturated rings. The van der Waals surface area contributed by atoms with E-state index in [0.717, 1.165) is 0 Å². The molecule has 0 radical (unpaired) electrons. The molecule has 4 heteroatoms. The van der Waals surface area contributed by atoms with E-state index in [2.05, 4.69) is 15.9 Å². The summed E-state index contributed by atoms with van der Waals surface area (Å²) in [6, 6.07) is 2.82. The van der Waals surface area contributed by atoms with Gasteiger partial charge in [0.2, 0.25) is 0 Å². The maximum atomic E-state index is 13.4. The van der Waals surface area contributed by atoms with Crippen molar-refractivity contribution in [3.8, 4) is 0 Å². The predicted molar refractivity (Wildman–Crippen MR) is 54.8 cm³/mol. The van der Waals surface area contributed by atoms with Crippen LogP contribution in [0.5, 0.6) is 0 Å². The Bertz CT molecular complexity index is 340. The van der Waals surface area contributed by atoms with Crippen LogP contribution in [0.3, 0.4) is 0 Å². The lowest BCUT2D eigenvalue weighted by molar-refractivity contribution is 0.101. The van der Waals surface area contributed by atoms with Crippen LogP contribution in [0.2, 0.25) is 0 Å². The van der Waals surface area contributed by atoms with Crippen molar-refractivity contribution in [1.82, 2.24) is 0 Å². The minimum absolute atomic E-state index is 0.159. The molecular formula is C10H10BrFO2. The summed E-state index contributed by atoms with van der Waals surface area (Å²) >= 11 is 3.20. The van der Waals surface area contributed by atoms with Gasteiger partial charge in [0, 0.05) is 22.7 Å². The second-order valence-corrected chi connectivity index (χ2v) is 3.76. The first kappa shape index (κ1) is 11.3. The van der Waals surface area contributed by atoms with Crippen molar-refractivity contribution in [3.63, 3.8) is 0 Å². The Hall–Kier alpha value is -0.740. The van der Waals surface area contributed by atoms with E-state index in [1.165, 1.54) is 20.1 Å². The van der Waals surface area contributed by atoms with Gasteiger partial charge in [-0.2, -0.15) is 0 Å². The quantitative estimate of drug-likeness (QED) is 0.782. The Morgan fingerprint density at radius 1 is 1.57 bits per heavy atom. The normalized spacial score (nSPS) is 10.3. The number of hydrogen-bond acceptors (Lipinski definition) is 2. The molecule has 0 amide bonds. The van der Waals surface area contributed by atoms with E-state index in [1.807, 2.05) is 0 Å². The third-order valence-corrected chi connectivity index (χ3v) is 2.54. The number of benzene rings is 1. The van der Waals surface area contributed by atoms with Gasteiger partial charge in [0.15, 0.2) is 5.78 Å². The van der Waals surface area contributed by atoms with Gasteiger partial charge >= 0.3 is 0 Å². The molecular weight excluding hydrogens is 251 g/mol. The average molecular weight is 261 g/mol. The molecule has 1 rings (SSSR count). The Morgan fingerprint density at radius 3 is 2.64 bits per heavy atom. The molecule has 76 valence electrons. The monoisotopic (exact) mass is 260 g/mol. The summed E-state index contributed by atoms with van der Waals surface area (Å²) in [4.78, 5) is 11.0. The Morgan fingerprint density at radius 2 is 2.21 bits per heavy atom. The summed E-state index contributed by atoms with van der Waals surface area (Å²) in [6.07, 6.45) is 0. The van der Waals surface area contributed by atoms with Crippen LogP contribution in [0, 0.1) is 5.82 Å². The van der Waals surface area contributed by atoms with E-state index in [-0.39, 0.29) is 12.4 Å². The number of ketones is 1. The summed E-state index contributed by atoms with van der Waals surface area (Å²) in [6.45, 7) is 1.59. The van der Waals surface area contributed by atoms with Crippen molar-refractivity contribution in [2.45, 2.75) is 13.5 Å². The van der Waals surface area contributed by atoms with Crippen LogP contribution in [0.4, 0.5) is 4.39 Å². The minimum atomic E-state index is -0.425. The number of hydrogen-bond donors (Lipinski definition) is 0. The van der Waals surface area contributed by atoms with Crippen molar-refractivity contribution >= 4 is 21.7 Å². The maximum Gasteiger partial charge on any atom is 0.159 e. The number of halogens is 2. The SMILES string of the molecule is COCc1c(F)cc(C(C)=O)cc1Br. The zero-order valence-electron chi connectivity index (χ0n) is 7.93. The molecule has 0 saturated heterocycles. The van der Waals surface area contributed by atoms with Gasteiger partial charge < -0.3 is 4.74 Å². The maximum absolute atomic E-state index is 13.4. The first-order valence-electron chi connectivity index (χ1n) is 4.04. The zero-order valence-corrected chi connectivity index (χ0v) is 9.52. The van der Waals surface area contributed by atoms with Gasteiger partial charge in [-0.15, -0.1) is 0 Å². The molecule has 0 unspecified atom stereocenters. The topological polar surface area (TPSA) is 26.3 Å². The average Bonchev–Trinajstić information content (AvgIpc) is 2.10. The molecule has 0 bridgehead atoms. The van der Waals surface area contributed by atoms with Crippen molar-refractivity contribution < 1.29 is 13.9 Å². The number of methoxy groups -OCH3 is 1. The van der Waals surface area contributed by atoms with E-state index in [1.54, 1.807) is 6.07 Å². The van der Waals surface area contributed by atoms with Crippen LogP contribution in [-0.4, -0.2) is 12.9 Å². The van der Waals surface area contributed by atoms with E-state index in [9.17, 15) is 9.18 Å². The first-order valence-corrected chi connectivity index (χ1v) is 4.83. The Balaban J connectivity index is 3.18. The van der Waals surface area contributed by atoms with E-state index >= 15 is 0 Å². The lowest BCUT2D eigenvalue weighted by atomic mass is 10.1. The summed E-state index contributed by atoms with van der Waals surface area (Å²) in [5.74, 6) is -0.583. The van der Waals surface area contributed by atoms with Crippen LogP contribution < -0.4 is 0 Å². The summed E-state index contributed by atoms with van der Waals surface area (Å²) in [5.41, 5.74) is 0.784. The third-order valence-electron chi connectivity index (χ3n) is 1.84. The second-order valence-electron chi connectivity index (χ2n) is 2.91. The van der Waals surface area contributed by atoms with E-state index < -0.39 is 5.82 Å². The van der Waals surface area contributed by atoms with Crippen LogP contribution in [-0.2, 0) is 11.3 Å². The van der Waals surface area contributed by atoms with Crippen LogP contribution in [0.25, 0.3) is 0 Å². The number of Topliss-reactive ketones (excluding diaryl/α,β-unsaturated/α-hetero) is 1. The van der Waals surface area contributed by atoms with Gasteiger partial charge in [-0.05, 0) is 19.1 Å². The van der Waals surface area contributed by atoms with Gasteiger partial charge in [-0.1, -0.05) is 15.9 Å². The van der Waals surface area contributed by atoms with Crippen molar-refractivity contribution in [1.29, 1.82) is 0 Å². The largest absolute Gasteiger partial charge is 0.380 e. The zero-order chi connectivity index (χ0) is 10.7. The molecule has 1 aromatic rings. The van der Waals surface area contributed by atoms with Crippen LogP contribution in [0.15, 0.2) is 16.6 Å². The molecule has 2 nitrogen and oxygen atoms in total. The molecule has 0 aliphatic carbocycles. The minimum Gasteiger partial charge on any atom is -0.380 e. The Labute approximate surface area is 90.2 Å². The van der Waals surface area contributed by atoms with E-state index in [0.29, 0.717) is 15.6 Å². The molecule has 0 atom stereocenters. The van der Waals surface area contributed by atoms with Crippen LogP contribution in [0.1, 0.15) is 22.8 Å². The lowest BCUT2D eigenvalue weighted by Gasteiger charge is -2.06. The standard InChI is InChI=1S/C10H10BrFO2/c1-6(13)7-3-9(11)8(5-14-2)10(12)4-7/h3-4H,5H2,1-2H3. The lowest BCUT2D eigenvalue weighted by Crippen LogP contribution is -1.99. The number of carbonyl (C=O) groups excluding carboxylic acids is 1. The molecule has 0 aliphatic rings. The highest BCUT2D eigenvalue weighted by atomic mass is 79.9. The number of rotatable bonds is 3. The molecule has 0 spiro atoms. The van der Waals surface area contributed by atoms with Gasteiger partial charge in [0.1, 0.15) is 5.82 Å². The molecule has 0 aromatic heterocycles. The fourth-order valence-electron chi connectivity index (χ4n) is 1.09. The first-order chi connectivity index (χ1) is 6.56. The third kappa shape index (κ3) is 2.39. The predicted octanol–water partition coefficient (Wildman–Crippen LogP) is 2.94. The second kappa shape index (κ2) is 4.66. The van der Waals surface area contributed by atoms with Crippen molar-refractivity contribution in [2.75, 3.05) is 7.11 Å². The summed E-state index contributed by atoms with van der Waals surface area (Å²) in [5, 5.41) is 0. The van der Waals surface area contributed by atoms with Crippen molar-refractivity contribution in [3.05, 3.63) is 33.5 Å². The highest BCUT2D eigenvalue weighted by Gasteiger charge is 2.10. The van der Waals surface area contributed by atoms with Gasteiger partial charge in [-0.3, -0.25) is 4.79 Å². The van der Waals surface area contributed by atoms with Gasteiger partial charge in [0.05, 0.1) is 6.61 Å². The van der Waals surface area contributed by atoms with Crippen molar-refractivity contribution in [2.24, 2.45) is 0 Å². The smallest absolute Gasteiger partial charge is 0.159 e. The fourth-order valence-corrected chi connectivity index (χ4v) is 1.64. The number of carbonyl (C=O) groups is 1. The highest BCUT2D eigenvalue weighted by molar-refractivity contribution is 9.10. The molecule has 0 aliphatic heterocycles. The molecule has 1 aromatic carbocycles. The summed E-state index contributed by atoms with van der Waals surface area (Å²) < 4.78 is 18.8. The van der Waals surface area contributed by atoms with Gasteiger partial charge in [-0.25, -0.2) is 4.39 Å². The highest BCUT2D eigenvalue weighted by Crippen LogP contribution is 2.23. The van der Waals surface area contributed by atoms with Crippen LogP contribution >= 0.6 is 15.9 Å². The van der Waals surface area contributed by atoms with Gasteiger partial charge in [0.25, 0.3) is 0 Å². The fraction of sp³-hybridized carbons (Fsp3) is 0.300. The van der Waals surface area contributed by atoms with E-state index in [4.69, 9.17) is 4.74 Å².